The zero-order chi connectivity index (χ0) is 11.0. The molecule has 0 aliphatic carbocycles. The van der Waals surface area contributed by atoms with E-state index in [4.69, 9.17) is 34.8 Å². The van der Waals surface area contributed by atoms with Crippen LogP contribution in [0.3, 0.4) is 0 Å². The van der Waals surface area contributed by atoms with Gasteiger partial charge in [-0.25, -0.2) is 9.97 Å². The quantitative estimate of drug-likeness (QED) is 0.578. The van der Waals surface area contributed by atoms with Crippen molar-refractivity contribution in [2.75, 3.05) is 11.4 Å². The van der Waals surface area contributed by atoms with Crippen LogP contribution in [0.5, 0.6) is 0 Å². The molecule has 7 heteroatoms. The number of hydrogen-bond donors (Lipinski definition) is 0. The Kier molecular flexibility index (Phi) is 3.00. The van der Waals surface area contributed by atoms with Gasteiger partial charge < -0.3 is 0 Å². The number of anilines is 1. The number of carbonyl (C=O) groups is 1. The van der Waals surface area contributed by atoms with Gasteiger partial charge in [0.15, 0.2) is 0 Å². The highest BCUT2D eigenvalue weighted by molar-refractivity contribution is 6.33. The molecule has 1 atom stereocenters. The number of carbonyl (C=O) groups excluding carboxylic acids is 1. The number of amides is 1. The summed E-state index contributed by atoms with van der Waals surface area (Å²) in [5.74, 6) is 0.0917. The normalized spacial score (nSPS) is 21.1. The van der Waals surface area contributed by atoms with Gasteiger partial charge >= 0.3 is 0 Å². The lowest BCUT2D eigenvalue weighted by molar-refractivity contribution is -0.117. The molecule has 1 amide bonds. The van der Waals surface area contributed by atoms with E-state index in [0.717, 1.165) is 0 Å². The van der Waals surface area contributed by atoms with E-state index in [1.54, 1.807) is 0 Å². The van der Waals surface area contributed by atoms with Crippen LogP contribution in [-0.2, 0) is 4.79 Å². The van der Waals surface area contributed by atoms with E-state index in [1.165, 1.54) is 11.0 Å². The standard InChI is InChI=1S/C8H6Cl3N3O/c9-4-1-7(15)14(3-4)8-12-5(10)2-6(11)13-8/h2,4H,1,3H2. The summed E-state index contributed by atoms with van der Waals surface area (Å²) in [6, 6.07) is 1.41. The Balaban J connectivity index is 2.33. The summed E-state index contributed by atoms with van der Waals surface area (Å²) in [7, 11) is 0. The molecule has 2 heterocycles. The molecule has 0 bridgehead atoms. The minimum atomic E-state index is -0.209. The van der Waals surface area contributed by atoms with Crippen molar-refractivity contribution in [3.05, 3.63) is 16.4 Å². The average molecular weight is 267 g/mol. The van der Waals surface area contributed by atoms with Crippen LogP contribution in [0.1, 0.15) is 6.42 Å². The highest BCUT2D eigenvalue weighted by Gasteiger charge is 2.31. The van der Waals surface area contributed by atoms with Crippen molar-refractivity contribution < 1.29 is 4.79 Å². The SMILES string of the molecule is O=C1CC(Cl)CN1c1nc(Cl)cc(Cl)n1. The molecule has 1 aliphatic rings. The van der Waals surface area contributed by atoms with E-state index in [1.807, 2.05) is 0 Å². The molecule has 4 nitrogen and oxygen atoms in total. The van der Waals surface area contributed by atoms with Crippen LogP contribution in [0.2, 0.25) is 10.3 Å². The van der Waals surface area contributed by atoms with E-state index >= 15 is 0 Å². The molecule has 2 rings (SSSR count). The predicted octanol–water partition coefficient (Wildman–Crippen LogP) is 2.13. The van der Waals surface area contributed by atoms with Crippen molar-refractivity contribution in [3.63, 3.8) is 0 Å². The minimum Gasteiger partial charge on any atom is -0.279 e. The number of aromatic nitrogens is 2. The van der Waals surface area contributed by atoms with Gasteiger partial charge in [-0.05, 0) is 0 Å². The van der Waals surface area contributed by atoms with Crippen LogP contribution < -0.4 is 4.90 Å². The van der Waals surface area contributed by atoms with Gasteiger partial charge in [-0.3, -0.25) is 9.69 Å². The van der Waals surface area contributed by atoms with E-state index in [2.05, 4.69) is 9.97 Å². The van der Waals surface area contributed by atoms with Crippen molar-refractivity contribution in [2.45, 2.75) is 11.8 Å². The van der Waals surface area contributed by atoms with Crippen molar-refractivity contribution in [2.24, 2.45) is 0 Å². The smallest absolute Gasteiger partial charge is 0.235 e. The van der Waals surface area contributed by atoms with Gasteiger partial charge in [0.2, 0.25) is 11.9 Å². The molecule has 0 saturated carbocycles. The Morgan fingerprint density at radius 2 is 1.93 bits per heavy atom. The molecule has 1 saturated heterocycles. The summed E-state index contributed by atoms with van der Waals surface area (Å²) in [5.41, 5.74) is 0. The first-order chi connectivity index (χ1) is 7.06. The van der Waals surface area contributed by atoms with Crippen molar-refractivity contribution in [1.29, 1.82) is 0 Å². The number of rotatable bonds is 1. The van der Waals surface area contributed by atoms with Gasteiger partial charge in [0.25, 0.3) is 0 Å². The Hall–Kier alpha value is -0.580. The lowest BCUT2D eigenvalue weighted by Gasteiger charge is -2.13. The second-order valence-corrected chi connectivity index (χ2v) is 4.51. The second kappa shape index (κ2) is 4.12. The number of alkyl halides is 1. The second-order valence-electron chi connectivity index (χ2n) is 3.12. The molecule has 1 aromatic rings. The van der Waals surface area contributed by atoms with Crippen molar-refractivity contribution in [3.8, 4) is 0 Å². The monoisotopic (exact) mass is 265 g/mol. The number of nitrogens with zero attached hydrogens (tertiary/aromatic N) is 3. The van der Waals surface area contributed by atoms with Crippen LogP contribution >= 0.6 is 34.8 Å². The first-order valence-corrected chi connectivity index (χ1v) is 5.40. The van der Waals surface area contributed by atoms with Crippen LogP contribution in [0.25, 0.3) is 0 Å². The van der Waals surface area contributed by atoms with E-state index in [-0.39, 0.29) is 34.0 Å². The van der Waals surface area contributed by atoms with Crippen molar-refractivity contribution >= 4 is 46.7 Å². The van der Waals surface area contributed by atoms with Crippen LogP contribution in [0, 0.1) is 0 Å². The minimum absolute atomic E-state index is 0.117. The molecule has 0 N–H and O–H groups in total. The third-order valence-corrected chi connectivity index (χ3v) is 2.65. The Labute approximate surface area is 101 Å². The molecule has 1 unspecified atom stereocenters. The molecular formula is C8H6Cl3N3O. The molecule has 1 fully saturated rings. The highest BCUT2D eigenvalue weighted by Crippen LogP contribution is 2.23. The third-order valence-electron chi connectivity index (χ3n) is 1.97. The third kappa shape index (κ3) is 2.33. The summed E-state index contributed by atoms with van der Waals surface area (Å²) in [4.78, 5) is 20.7. The van der Waals surface area contributed by atoms with Gasteiger partial charge in [-0.15, -0.1) is 11.6 Å². The lowest BCUT2D eigenvalue weighted by atomic mass is 10.4. The maximum Gasteiger partial charge on any atom is 0.235 e. The fraction of sp³-hybridized carbons (Fsp3) is 0.375. The molecule has 80 valence electrons. The van der Waals surface area contributed by atoms with Crippen LogP contribution in [0.15, 0.2) is 6.07 Å². The average Bonchev–Trinajstić information content (AvgIpc) is 2.43. The summed E-state index contributed by atoms with van der Waals surface area (Å²) in [5, 5.41) is 0.200. The first-order valence-electron chi connectivity index (χ1n) is 4.21. The summed E-state index contributed by atoms with van der Waals surface area (Å²) in [6.07, 6.45) is 0.287. The Bertz CT molecular complexity index is 392. The van der Waals surface area contributed by atoms with Gasteiger partial charge in [0.05, 0.1) is 5.38 Å². The number of halogens is 3. The molecule has 1 aliphatic heterocycles. The maximum atomic E-state index is 11.5. The Morgan fingerprint density at radius 3 is 2.40 bits per heavy atom. The number of hydrogen-bond acceptors (Lipinski definition) is 3. The Morgan fingerprint density at radius 1 is 1.33 bits per heavy atom. The van der Waals surface area contributed by atoms with Crippen LogP contribution in [0.4, 0.5) is 5.95 Å². The molecule has 15 heavy (non-hydrogen) atoms. The molecule has 1 aromatic heterocycles. The van der Waals surface area contributed by atoms with E-state index < -0.39 is 0 Å². The summed E-state index contributed by atoms with van der Waals surface area (Å²) < 4.78 is 0. The van der Waals surface area contributed by atoms with Gasteiger partial charge in [0, 0.05) is 19.0 Å². The van der Waals surface area contributed by atoms with Gasteiger partial charge in [-0.2, -0.15) is 0 Å². The molecule has 0 spiro atoms. The fourth-order valence-corrected chi connectivity index (χ4v) is 2.04. The van der Waals surface area contributed by atoms with E-state index in [0.29, 0.717) is 6.54 Å². The summed E-state index contributed by atoms with van der Waals surface area (Å²) >= 11 is 17.3. The molecular weight excluding hydrogens is 260 g/mol. The maximum absolute atomic E-state index is 11.5. The lowest BCUT2D eigenvalue weighted by Crippen LogP contribution is -2.26. The largest absolute Gasteiger partial charge is 0.279 e. The molecule has 0 radical (unpaired) electrons. The van der Waals surface area contributed by atoms with Crippen molar-refractivity contribution in [1.82, 2.24) is 9.97 Å². The van der Waals surface area contributed by atoms with Gasteiger partial charge in [0.1, 0.15) is 10.3 Å². The predicted molar refractivity (Wildman–Crippen MR) is 58.7 cm³/mol. The topological polar surface area (TPSA) is 46.1 Å². The summed E-state index contributed by atoms with van der Waals surface area (Å²) in [6.45, 7) is 0.386. The van der Waals surface area contributed by atoms with Gasteiger partial charge in [-0.1, -0.05) is 23.2 Å². The van der Waals surface area contributed by atoms with E-state index in [9.17, 15) is 4.79 Å². The fourth-order valence-electron chi connectivity index (χ4n) is 1.36. The first kappa shape index (κ1) is 10.9. The highest BCUT2D eigenvalue weighted by atomic mass is 35.5. The zero-order valence-corrected chi connectivity index (χ0v) is 9.72. The van der Waals surface area contributed by atoms with Crippen LogP contribution in [-0.4, -0.2) is 27.8 Å². The molecule has 0 aromatic carbocycles. The zero-order valence-electron chi connectivity index (χ0n) is 7.45.